The van der Waals surface area contributed by atoms with Gasteiger partial charge in [-0.1, -0.05) is 30.3 Å². The molecule has 26 heavy (non-hydrogen) atoms. The average Bonchev–Trinajstić information content (AvgIpc) is 3.20. The number of likely N-dealkylation sites (tertiary alicyclic amines) is 1. The van der Waals surface area contributed by atoms with Gasteiger partial charge in [0.25, 0.3) is 5.91 Å². The molecule has 1 amide bonds. The number of rotatable bonds is 8. The van der Waals surface area contributed by atoms with Gasteiger partial charge in [0.05, 0.1) is 26.2 Å². The molecule has 2 aromatic carbocycles. The quantitative estimate of drug-likeness (QED) is 0.699. The maximum absolute atomic E-state index is 12.3. The number of amides is 1. The molecule has 0 atom stereocenters. The SMILES string of the molecule is O=C(COc1ccc(C(=O)c2ccccc2)cc1)NCC[NH+]1CCCC1. The molecule has 1 heterocycles. The number of hydrogen-bond donors (Lipinski definition) is 2. The highest BCUT2D eigenvalue weighted by Gasteiger charge is 2.15. The van der Waals surface area contributed by atoms with Crippen LogP contribution in [0, 0.1) is 0 Å². The maximum Gasteiger partial charge on any atom is 0.258 e. The number of quaternary nitrogens is 1. The fourth-order valence-corrected chi connectivity index (χ4v) is 3.16. The first-order chi connectivity index (χ1) is 12.7. The molecule has 0 bridgehead atoms. The van der Waals surface area contributed by atoms with Crippen molar-refractivity contribution in [2.24, 2.45) is 0 Å². The summed E-state index contributed by atoms with van der Waals surface area (Å²) in [5.74, 6) is 0.433. The standard InChI is InChI=1S/C21H24N2O3/c24-20(22-12-15-23-13-4-5-14-23)16-26-19-10-8-18(9-11-19)21(25)17-6-2-1-3-7-17/h1-3,6-11H,4-5,12-16H2,(H,22,24)/p+1. The van der Waals surface area contributed by atoms with E-state index in [1.165, 1.54) is 25.9 Å². The first kappa shape index (κ1) is 18.1. The summed E-state index contributed by atoms with van der Waals surface area (Å²) >= 11 is 0. The van der Waals surface area contributed by atoms with Crippen LogP contribution in [0.25, 0.3) is 0 Å². The smallest absolute Gasteiger partial charge is 0.258 e. The van der Waals surface area contributed by atoms with E-state index in [0.29, 0.717) is 23.4 Å². The molecule has 2 N–H and O–H groups in total. The Hall–Kier alpha value is -2.66. The van der Waals surface area contributed by atoms with E-state index in [-0.39, 0.29) is 18.3 Å². The van der Waals surface area contributed by atoms with E-state index >= 15 is 0 Å². The lowest BCUT2D eigenvalue weighted by Gasteiger charge is -2.12. The molecule has 3 rings (SSSR count). The Morgan fingerprint density at radius 2 is 1.58 bits per heavy atom. The summed E-state index contributed by atoms with van der Waals surface area (Å²) in [6.45, 7) is 4.06. The van der Waals surface area contributed by atoms with E-state index < -0.39 is 0 Å². The lowest BCUT2D eigenvalue weighted by Crippen LogP contribution is -3.10. The fraction of sp³-hybridized carbons (Fsp3) is 0.333. The van der Waals surface area contributed by atoms with Crippen LogP contribution in [0.3, 0.4) is 0 Å². The predicted octanol–water partition coefficient (Wildman–Crippen LogP) is 1.09. The van der Waals surface area contributed by atoms with Gasteiger partial charge in [0.1, 0.15) is 5.75 Å². The molecule has 1 aliphatic heterocycles. The van der Waals surface area contributed by atoms with Crippen LogP contribution in [0.5, 0.6) is 5.75 Å². The molecule has 1 aliphatic rings. The van der Waals surface area contributed by atoms with Crippen LogP contribution in [0.15, 0.2) is 54.6 Å². The lowest BCUT2D eigenvalue weighted by molar-refractivity contribution is -0.886. The van der Waals surface area contributed by atoms with E-state index in [0.717, 1.165) is 6.54 Å². The normalized spacial score (nSPS) is 14.2. The van der Waals surface area contributed by atoms with Gasteiger partial charge in [-0.25, -0.2) is 0 Å². The van der Waals surface area contributed by atoms with Crippen LogP contribution >= 0.6 is 0 Å². The minimum atomic E-state index is -0.118. The average molecular weight is 353 g/mol. The number of carbonyl (C=O) groups is 2. The fourth-order valence-electron chi connectivity index (χ4n) is 3.16. The maximum atomic E-state index is 12.3. The Labute approximate surface area is 154 Å². The second-order valence-corrected chi connectivity index (χ2v) is 6.57. The monoisotopic (exact) mass is 353 g/mol. The third-order valence-electron chi connectivity index (χ3n) is 4.63. The lowest BCUT2D eigenvalue weighted by atomic mass is 10.0. The van der Waals surface area contributed by atoms with Crippen molar-refractivity contribution in [2.45, 2.75) is 12.8 Å². The summed E-state index contributed by atoms with van der Waals surface area (Å²) in [6.07, 6.45) is 2.57. The van der Waals surface area contributed by atoms with Crippen LogP contribution < -0.4 is 15.0 Å². The number of ketones is 1. The van der Waals surface area contributed by atoms with Gasteiger partial charge >= 0.3 is 0 Å². The molecule has 0 aliphatic carbocycles. The highest BCUT2D eigenvalue weighted by Crippen LogP contribution is 2.15. The van der Waals surface area contributed by atoms with Gasteiger partial charge < -0.3 is 15.0 Å². The molecule has 0 aromatic heterocycles. The molecule has 0 radical (unpaired) electrons. The molecule has 1 fully saturated rings. The highest BCUT2D eigenvalue weighted by atomic mass is 16.5. The van der Waals surface area contributed by atoms with E-state index in [1.54, 1.807) is 41.3 Å². The Bertz CT molecular complexity index is 723. The van der Waals surface area contributed by atoms with Crippen molar-refractivity contribution in [1.29, 1.82) is 0 Å². The Kier molecular flexibility index (Phi) is 6.39. The van der Waals surface area contributed by atoms with Gasteiger partial charge in [-0.15, -0.1) is 0 Å². The van der Waals surface area contributed by atoms with Crippen LogP contribution in [-0.4, -0.2) is 44.5 Å². The number of nitrogens with one attached hydrogen (secondary N) is 2. The van der Waals surface area contributed by atoms with Gasteiger partial charge in [0.2, 0.25) is 0 Å². The van der Waals surface area contributed by atoms with Crippen LogP contribution in [0.1, 0.15) is 28.8 Å². The van der Waals surface area contributed by atoms with Gasteiger partial charge in [-0.3, -0.25) is 9.59 Å². The molecular formula is C21H25N2O3+. The zero-order valence-corrected chi connectivity index (χ0v) is 14.9. The summed E-state index contributed by atoms with van der Waals surface area (Å²) in [7, 11) is 0. The zero-order chi connectivity index (χ0) is 18.2. The number of hydrogen-bond acceptors (Lipinski definition) is 3. The Morgan fingerprint density at radius 3 is 2.27 bits per heavy atom. The third kappa shape index (κ3) is 5.17. The van der Waals surface area contributed by atoms with Gasteiger partial charge in [0, 0.05) is 24.0 Å². The van der Waals surface area contributed by atoms with Crippen molar-refractivity contribution in [1.82, 2.24) is 5.32 Å². The summed E-state index contributed by atoms with van der Waals surface area (Å²) < 4.78 is 5.50. The topological polar surface area (TPSA) is 59.8 Å². The summed E-state index contributed by atoms with van der Waals surface area (Å²) in [4.78, 5) is 25.8. The molecule has 0 spiro atoms. The van der Waals surface area contributed by atoms with Crippen molar-refractivity contribution in [3.8, 4) is 5.75 Å². The second kappa shape index (κ2) is 9.15. The minimum Gasteiger partial charge on any atom is -0.484 e. The van der Waals surface area contributed by atoms with E-state index in [4.69, 9.17) is 4.74 Å². The van der Waals surface area contributed by atoms with Crippen molar-refractivity contribution < 1.29 is 19.2 Å². The zero-order valence-electron chi connectivity index (χ0n) is 14.9. The molecular weight excluding hydrogens is 328 g/mol. The van der Waals surface area contributed by atoms with E-state index in [9.17, 15) is 9.59 Å². The summed E-state index contributed by atoms with van der Waals surface area (Å²) in [5, 5.41) is 2.89. The second-order valence-electron chi connectivity index (χ2n) is 6.57. The van der Waals surface area contributed by atoms with Crippen LogP contribution in [-0.2, 0) is 4.79 Å². The van der Waals surface area contributed by atoms with Crippen LogP contribution in [0.4, 0.5) is 0 Å². The number of carbonyl (C=O) groups excluding carboxylic acids is 2. The third-order valence-corrected chi connectivity index (χ3v) is 4.63. The number of benzene rings is 2. The van der Waals surface area contributed by atoms with Gasteiger partial charge in [-0.2, -0.15) is 0 Å². The van der Waals surface area contributed by atoms with E-state index in [1.807, 2.05) is 18.2 Å². The molecule has 1 saturated heterocycles. The molecule has 2 aromatic rings. The van der Waals surface area contributed by atoms with Gasteiger partial charge in [-0.05, 0) is 24.3 Å². The predicted molar refractivity (Wildman–Crippen MR) is 99.6 cm³/mol. The van der Waals surface area contributed by atoms with Crippen molar-refractivity contribution in [3.63, 3.8) is 0 Å². The Balaban J connectivity index is 1.42. The molecule has 136 valence electrons. The van der Waals surface area contributed by atoms with Gasteiger partial charge in [0.15, 0.2) is 12.4 Å². The highest BCUT2D eigenvalue weighted by molar-refractivity contribution is 6.08. The summed E-state index contributed by atoms with van der Waals surface area (Å²) in [6, 6.07) is 16.0. The van der Waals surface area contributed by atoms with E-state index in [2.05, 4.69) is 5.32 Å². The molecule has 5 heteroatoms. The number of ether oxygens (including phenoxy) is 1. The van der Waals surface area contributed by atoms with Crippen molar-refractivity contribution in [3.05, 3.63) is 65.7 Å². The minimum absolute atomic E-state index is 0.0126. The van der Waals surface area contributed by atoms with Crippen LogP contribution in [0.2, 0.25) is 0 Å². The van der Waals surface area contributed by atoms with Crippen molar-refractivity contribution in [2.75, 3.05) is 32.8 Å². The Morgan fingerprint density at radius 1 is 0.923 bits per heavy atom. The largest absolute Gasteiger partial charge is 0.484 e. The molecule has 5 nitrogen and oxygen atoms in total. The summed E-state index contributed by atoms with van der Waals surface area (Å²) in [5.41, 5.74) is 1.25. The molecule has 0 saturated carbocycles. The first-order valence-corrected chi connectivity index (χ1v) is 9.15. The van der Waals surface area contributed by atoms with Crippen molar-refractivity contribution >= 4 is 11.7 Å². The first-order valence-electron chi connectivity index (χ1n) is 9.15. The molecule has 0 unspecified atom stereocenters.